The van der Waals surface area contributed by atoms with Crippen molar-refractivity contribution in [2.45, 2.75) is 39.2 Å². The van der Waals surface area contributed by atoms with Gasteiger partial charge in [0.1, 0.15) is 5.82 Å². The Morgan fingerprint density at radius 3 is 2.69 bits per heavy atom. The van der Waals surface area contributed by atoms with Crippen molar-refractivity contribution in [2.24, 2.45) is 5.92 Å². The number of rotatable bonds is 3. The zero-order valence-electron chi connectivity index (χ0n) is 8.24. The largest absolute Gasteiger partial charge is 0.357 e. The van der Waals surface area contributed by atoms with Crippen molar-refractivity contribution < 1.29 is 0 Å². The van der Waals surface area contributed by atoms with Gasteiger partial charge in [-0.05, 0) is 12.3 Å². The number of hydrogen-bond acceptors (Lipinski definition) is 4. The molecule has 2 atom stereocenters. The summed E-state index contributed by atoms with van der Waals surface area (Å²) in [5, 5.41) is 4.37. The highest BCUT2D eigenvalue weighted by Gasteiger charge is 2.33. The molecule has 0 bridgehead atoms. The average Bonchev–Trinajstić information content (AvgIpc) is 2.61. The Balaban J connectivity index is 1.97. The highest BCUT2D eigenvalue weighted by atomic mass is 32.1. The van der Waals surface area contributed by atoms with Crippen molar-refractivity contribution in [1.29, 1.82) is 0 Å². The molecular formula is C9H15N3S. The molecule has 1 aromatic heterocycles. The van der Waals surface area contributed by atoms with Crippen LogP contribution in [0.15, 0.2) is 0 Å². The fraction of sp³-hybridized carbons (Fsp3) is 0.778. The normalized spacial score (nSPS) is 26.5. The standard InChI is InChI=1S/C9H15N3S/c1-5(2)8-11-9(13-12-8)10-7-4-6(7)3/h5-7H,4H2,1-3H3,(H,10,11,12). The van der Waals surface area contributed by atoms with Gasteiger partial charge in [0.25, 0.3) is 0 Å². The van der Waals surface area contributed by atoms with E-state index in [0.717, 1.165) is 16.9 Å². The second-order valence-electron chi connectivity index (χ2n) is 4.08. The van der Waals surface area contributed by atoms with E-state index in [4.69, 9.17) is 0 Å². The van der Waals surface area contributed by atoms with Gasteiger partial charge in [0.15, 0.2) is 0 Å². The molecular weight excluding hydrogens is 182 g/mol. The molecule has 0 amide bonds. The van der Waals surface area contributed by atoms with Crippen LogP contribution >= 0.6 is 11.5 Å². The first-order valence-electron chi connectivity index (χ1n) is 4.77. The molecule has 1 N–H and O–H groups in total. The Kier molecular flexibility index (Phi) is 2.24. The molecule has 2 unspecified atom stereocenters. The summed E-state index contributed by atoms with van der Waals surface area (Å²) >= 11 is 1.48. The monoisotopic (exact) mass is 197 g/mol. The van der Waals surface area contributed by atoms with E-state index in [9.17, 15) is 0 Å². The Bertz CT molecular complexity index is 295. The zero-order valence-corrected chi connectivity index (χ0v) is 9.06. The lowest BCUT2D eigenvalue weighted by molar-refractivity contribution is 0.798. The van der Waals surface area contributed by atoms with Gasteiger partial charge in [-0.1, -0.05) is 20.8 Å². The number of nitrogens with one attached hydrogen (secondary N) is 1. The van der Waals surface area contributed by atoms with E-state index in [1.54, 1.807) is 0 Å². The molecule has 0 aromatic carbocycles. The topological polar surface area (TPSA) is 37.8 Å². The van der Waals surface area contributed by atoms with Crippen LogP contribution in [0.2, 0.25) is 0 Å². The highest BCUT2D eigenvalue weighted by Crippen LogP contribution is 2.33. The van der Waals surface area contributed by atoms with Gasteiger partial charge in [-0.15, -0.1) is 0 Å². The molecule has 1 aliphatic rings. The van der Waals surface area contributed by atoms with E-state index < -0.39 is 0 Å². The molecule has 72 valence electrons. The van der Waals surface area contributed by atoms with Gasteiger partial charge in [0.05, 0.1) is 0 Å². The molecule has 1 aliphatic carbocycles. The van der Waals surface area contributed by atoms with Gasteiger partial charge < -0.3 is 5.32 Å². The average molecular weight is 197 g/mol. The summed E-state index contributed by atoms with van der Waals surface area (Å²) in [5.74, 6) is 2.20. The van der Waals surface area contributed by atoms with E-state index in [1.165, 1.54) is 18.0 Å². The maximum absolute atomic E-state index is 4.42. The third-order valence-corrected chi connectivity index (χ3v) is 3.04. The molecule has 0 spiro atoms. The first-order chi connectivity index (χ1) is 6.16. The van der Waals surface area contributed by atoms with Crippen molar-refractivity contribution in [3.05, 3.63) is 5.82 Å². The smallest absolute Gasteiger partial charge is 0.202 e. The van der Waals surface area contributed by atoms with Crippen LogP contribution in [0.3, 0.4) is 0 Å². The van der Waals surface area contributed by atoms with Crippen LogP contribution in [0.1, 0.15) is 38.9 Å². The van der Waals surface area contributed by atoms with Crippen LogP contribution in [0, 0.1) is 5.92 Å². The van der Waals surface area contributed by atoms with Crippen molar-refractivity contribution in [3.8, 4) is 0 Å². The summed E-state index contributed by atoms with van der Waals surface area (Å²) in [6.45, 7) is 6.49. The summed E-state index contributed by atoms with van der Waals surface area (Å²) in [7, 11) is 0. The van der Waals surface area contributed by atoms with Crippen LogP contribution < -0.4 is 5.32 Å². The Hall–Kier alpha value is -0.640. The summed E-state index contributed by atoms with van der Waals surface area (Å²) in [6.07, 6.45) is 1.27. The summed E-state index contributed by atoms with van der Waals surface area (Å²) in [4.78, 5) is 4.42. The van der Waals surface area contributed by atoms with E-state index in [-0.39, 0.29) is 0 Å². The van der Waals surface area contributed by atoms with Crippen molar-refractivity contribution in [1.82, 2.24) is 9.36 Å². The quantitative estimate of drug-likeness (QED) is 0.809. The number of hydrogen-bond donors (Lipinski definition) is 1. The molecule has 1 aromatic rings. The molecule has 13 heavy (non-hydrogen) atoms. The lowest BCUT2D eigenvalue weighted by atomic mass is 10.2. The van der Waals surface area contributed by atoms with E-state index in [0.29, 0.717) is 12.0 Å². The van der Waals surface area contributed by atoms with Crippen molar-refractivity contribution >= 4 is 16.7 Å². The highest BCUT2D eigenvalue weighted by molar-refractivity contribution is 7.09. The van der Waals surface area contributed by atoms with Crippen LogP contribution in [-0.2, 0) is 0 Å². The molecule has 3 nitrogen and oxygen atoms in total. The van der Waals surface area contributed by atoms with E-state index >= 15 is 0 Å². The SMILES string of the molecule is CC(C)c1nsc(NC2CC2C)n1. The maximum Gasteiger partial charge on any atom is 0.202 e. The summed E-state index contributed by atoms with van der Waals surface area (Å²) in [5.41, 5.74) is 0. The fourth-order valence-corrected chi connectivity index (χ4v) is 1.98. The van der Waals surface area contributed by atoms with Crippen molar-refractivity contribution in [3.63, 3.8) is 0 Å². The lowest BCUT2D eigenvalue weighted by Crippen LogP contribution is -2.03. The molecule has 0 radical (unpaired) electrons. The van der Waals surface area contributed by atoms with Crippen LogP contribution in [0.5, 0.6) is 0 Å². The van der Waals surface area contributed by atoms with Crippen LogP contribution in [0.25, 0.3) is 0 Å². The molecule has 1 heterocycles. The van der Waals surface area contributed by atoms with Gasteiger partial charge in [0, 0.05) is 23.5 Å². The predicted octanol–water partition coefficient (Wildman–Crippen LogP) is 2.48. The minimum atomic E-state index is 0.434. The number of aromatic nitrogens is 2. The first-order valence-corrected chi connectivity index (χ1v) is 5.54. The third-order valence-electron chi connectivity index (χ3n) is 2.38. The van der Waals surface area contributed by atoms with E-state index in [2.05, 4.69) is 35.4 Å². The molecule has 1 fully saturated rings. The van der Waals surface area contributed by atoms with Gasteiger partial charge in [-0.3, -0.25) is 0 Å². The Labute approximate surface area is 82.8 Å². The summed E-state index contributed by atoms with van der Waals surface area (Å²) < 4.78 is 4.29. The predicted molar refractivity (Wildman–Crippen MR) is 55.2 cm³/mol. The Morgan fingerprint density at radius 2 is 2.23 bits per heavy atom. The third kappa shape index (κ3) is 1.99. The van der Waals surface area contributed by atoms with Gasteiger partial charge in [-0.25, -0.2) is 4.98 Å². The van der Waals surface area contributed by atoms with Gasteiger partial charge in [-0.2, -0.15) is 4.37 Å². The minimum absolute atomic E-state index is 0.434. The Morgan fingerprint density at radius 1 is 1.54 bits per heavy atom. The molecule has 1 saturated carbocycles. The summed E-state index contributed by atoms with van der Waals surface area (Å²) in [6, 6.07) is 0.646. The fourth-order valence-electron chi connectivity index (χ4n) is 1.21. The number of anilines is 1. The molecule has 0 aliphatic heterocycles. The van der Waals surface area contributed by atoms with E-state index in [1.807, 2.05) is 0 Å². The second-order valence-corrected chi connectivity index (χ2v) is 4.83. The van der Waals surface area contributed by atoms with Gasteiger partial charge in [0.2, 0.25) is 5.13 Å². The number of nitrogens with zero attached hydrogens (tertiary/aromatic N) is 2. The van der Waals surface area contributed by atoms with Gasteiger partial charge >= 0.3 is 0 Å². The molecule has 4 heteroatoms. The lowest BCUT2D eigenvalue weighted by Gasteiger charge is -1.97. The van der Waals surface area contributed by atoms with Crippen LogP contribution in [-0.4, -0.2) is 15.4 Å². The maximum atomic E-state index is 4.42. The molecule has 2 rings (SSSR count). The zero-order chi connectivity index (χ0) is 9.42. The second kappa shape index (κ2) is 3.25. The minimum Gasteiger partial charge on any atom is -0.357 e. The van der Waals surface area contributed by atoms with Crippen LogP contribution in [0.4, 0.5) is 5.13 Å². The molecule has 0 saturated heterocycles. The first kappa shape index (κ1) is 8.94. The van der Waals surface area contributed by atoms with Crippen molar-refractivity contribution in [2.75, 3.05) is 5.32 Å².